The van der Waals surface area contributed by atoms with Gasteiger partial charge in [-0.2, -0.15) is 0 Å². The molecule has 4 aromatic rings. The largest absolute Gasteiger partial charge is 0.495 e. The molecule has 4 nitrogen and oxygen atoms in total. The second kappa shape index (κ2) is 6.41. The smallest absolute Gasteiger partial charge is 0.347 e. The fourth-order valence-electron chi connectivity index (χ4n) is 3.11. The van der Waals surface area contributed by atoms with Gasteiger partial charge in [0.25, 0.3) is 0 Å². The van der Waals surface area contributed by atoms with Crippen LogP contribution in [0.4, 0.5) is 5.69 Å². The highest BCUT2D eigenvalue weighted by atomic mass is 16.5. The molecule has 0 atom stereocenters. The number of benzene rings is 3. The number of methoxy groups -OCH3 is 1. The molecule has 1 heterocycles. The molecule has 0 aliphatic rings. The number of ether oxygens (including phenoxy) is 1. The molecule has 0 unspecified atom stereocenters. The Bertz CT molecular complexity index is 1130. The lowest BCUT2D eigenvalue weighted by Crippen LogP contribution is -2.06. The average molecular weight is 343 g/mol. The van der Waals surface area contributed by atoms with Crippen molar-refractivity contribution in [2.24, 2.45) is 0 Å². The van der Waals surface area contributed by atoms with Gasteiger partial charge in [0.2, 0.25) is 0 Å². The van der Waals surface area contributed by atoms with Crippen molar-refractivity contribution in [1.29, 1.82) is 0 Å². The summed E-state index contributed by atoms with van der Waals surface area (Å²) < 4.78 is 11.0. The van der Waals surface area contributed by atoms with Crippen molar-refractivity contribution in [3.63, 3.8) is 0 Å². The minimum absolute atomic E-state index is 0.394. The number of anilines is 1. The maximum Gasteiger partial charge on any atom is 0.347 e. The van der Waals surface area contributed by atoms with E-state index >= 15 is 0 Å². The van der Waals surface area contributed by atoms with Crippen LogP contribution in [0.1, 0.15) is 0 Å². The number of hydrogen-bond acceptors (Lipinski definition) is 4. The molecule has 26 heavy (non-hydrogen) atoms. The Morgan fingerprint density at radius 3 is 2.19 bits per heavy atom. The number of nitrogens with two attached hydrogens (primary N) is 1. The first kappa shape index (κ1) is 16.0. The van der Waals surface area contributed by atoms with E-state index in [0.717, 1.165) is 16.7 Å². The Morgan fingerprint density at radius 1 is 0.846 bits per heavy atom. The highest BCUT2D eigenvalue weighted by molar-refractivity contribution is 5.92. The van der Waals surface area contributed by atoms with Crippen LogP contribution in [0.15, 0.2) is 82.0 Å². The van der Waals surface area contributed by atoms with Crippen LogP contribution < -0.4 is 16.1 Å². The summed E-state index contributed by atoms with van der Waals surface area (Å²) in [6.07, 6.45) is 0. The van der Waals surface area contributed by atoms with Crippen molar-refractivity contribution in [3.8, 4) is 28.0 Å². The van der Waals surface area contributed by atoms with Gasteiger partial charge in [0.1, 0.15) is 16.9 Å². The molecule has 0 amide bonds. The Labute approximate surface area is 150 Å². The van der Waals surface area contributed by atoms with Crippen LogP contribution >= 0.6 is 0 Å². The van der Waals surface area contributed by atoms with Crippen molar-refractivity contribution in [3.05, 3.63) is 83.2 Å². The van der Waals surface area contributed by atoms with E-state index in [0.29, 0.717) is 28.0 Å². The highest BCUT2D eigenvalue weighted by Gasteiger charge is 2.17. The zero-order valence-electron chi connectivity index (χ0n) is 14.2. The van der Waals surface area contributed by atoms with E-state index in [1.54, 1.807) is 25.3 Å². The lowest BCUT2D eigenvalue weighted by Gasteiger charge is -2.11. The molecular formula is C22H17NO3. The zero-order valence-corrected chi connectivity index (χ0v) is 14.2. The summed E-state index contributed by atoms with van der Waals surface area (Å²) in [5, 5.41) is 0.675. The van der Waals surface area contributed by atoms with E-state index in [9.17, 15) is 4.79 Å². The standard InChI is InChI=1S/C22H17NO3/c1-25-21-18-13-17(23)11-12-19(18)26-22(24)20(21)16-9-7-15(8-10-16)14-5-3-2-4-6-14/h2-13H,23H2,1H3. The summed E-state index contributed by atoms with van der Waals surface area (Å²) in [6.45, 7) is 0. The highest BCUT2D eigenvalue weighted by Crippen LogP contribution is 2.35. The molecule has 3 aromatic carbocycles. The zero-order chi connectivity index (χ0) is 18.1. The van der Waals surface area contributed by atoms with Crippen molar-refractivity contribution in [2.45, 2.75) is 0 Å². The summed E-state index contributed by atoms with van der Waals surface area (Å²) in [5.41, 5.74) is 9.79. The van der Waals surface area contributed by atoms with Crippen molar-refractivity contribution >= 4 is 16.7 Å². The molecule has 4 heteroatoms. The summed E-state index contributed by atoms with van der Waals surface area (Å²) in [5.74, 6) is 0.469. The molecule has 0 aliphatic heterocycles. The molecule has 4 rings (SSSR count). The first-order chi connectivity index (χ1) is 12.7. The van der Waals surface area contributed by atoms with E-state index in [1.807, 2.05) is 54.6 Å². The SMILES string of the molecule is COc1c(-c2ccc(-c3ccccc3)cc2)c(=O)oc2ccc(N)cc12. The Hall–Kier alpha value is -3.53. The topological polar surface area (TPSA) is 65.5 Å². The Morgan fingerprint density at radius 2 is 1.50 bits per heavy atom. The third-order valence-corrected chi connectivity index (χ3v) is 4.37. The predicted octanol–water partition coefficient (Wildman–Crippen LogP) is 4.72. The first-order valence-electron chi connectivity index (χ1n) is 8.23. The number of hydrogen-bond donors (Lipinski definition) is 1. The van der Waals surface area contributed by atoms with Gasteiger partial charge < -0.3 is 14.9 Å². The number of fused-ring (bicyclic) bond motifs is 1. The van der Waals surface area contributed by atoms with Gasteiger partial charge in [-0.15, -0.1) is 0 Å². The maximum absolute atomic E-state index is 12.6. The van der Waals surface area contributed by atoms with Crippen molar-refractivity contribution in [2.75, 3.05) is 12.8 Å². The van der Waals surface area contributed by atoms with Crippen LogP contribution in [0, 0.1) is 0 Å². The average Bonchev–Trinajstić information content (AvgIpc) is 2.68. The predicted molar refractivity (Wildman–Crippen MR) is 104 cm³/mol. The molecule has 1 aromatic heterocycles. The Balaban J connectivity index is 1.89. The summed E-state index contributed by atoms with van der Waals surface area (Å²) in [6, 6.07) is 22.9. The lowest BCUT2D eigenvalue weighted by atomic mass is 10.00. The molecule has 2 N–H and O–H groups in total. The van der Waals surface area contributed by atoms with Crippen molar-refractivity contribution in [1.82, 2.24) is 0 Å². The molecule has 128 valence electrons. The fourth-order valence-corrected chi connectivity index (χ4v) is 3.11. The van der Waals surface area contributed by atoms with Crippen LogP contribution in [0.3, 0.4) is 0 Å². The van der Waals surface area contributed by atoms with Gasteiger partial charge in [0.15, 0.2) is 0 Å². The summed E-state index contributed by atoms with van der Waals surface area (Å²) >= 11 is 0. The van der Waals surface area contributed by atoms with Crippen LogP contribution in [-0.2, 0) is 0 Å². The van der Waals surface area contributed by atoms with Gasteiger partial charge in [-0.1, -0.05) is 54.6 Å². The van der Waals surface area contributed by atoms with Gasteiger partial charge in [-0.25, -0.2) is 4.79 Å². The normalized spacial score (nSPS) is 10.8. The van der Waals surface area contributed by atoms with E-state index in [2.05, 4.69) is 0 Å². The van der Waals surface area contributed by atoms with Gasteiger partial charge in [0, 0.05) is 5.69 Å². The number of rotatable bonds is 3. The van der Waals surface area contributed by atoms with E-state index < -0.39 is 5.63 Å². The van der Waals surface area contributed by atoms with Gasteiger partial charge >= 0.3 is 5.63 Å². The summed E-state index contributed by atoms with van der Waals surface area (Å²) in [7, 11) is 1.54. The van der Waals surface area contributed by atoms with E-state index in [4.69, 9.17) is 14.9 Å². The molecule has 0 aliphatic carbocycles. The second-order valence-electron chi connectivity index (χ2n) is 6.00. The summed E-state index contributed by atoms with van der Waals surface area (Å²) in [4.78, 5) is 12.6. The number of nitrogen functional groups attached to an aromatic ring is 1. The molecule has 0 spiro atoms. The van der Waals surface area contributed by atoms with E-state index in [1.165, 1.54) is 0 Å². The Kier molecular flexibility index (Phi) is 3.93. The van der Waals surface area contributed by atoms with Crippen LogP contribution in [0.25, 0.3) is 33.2 Å². The van der Waals surface area contributed by atoms with Crippen LogP contribution in [-0.4, -0.2) is 7.11 Å². The van der Waals surface area contributed by atoms with Gasteiger partial charge in [-0.05, 0) is 34.9 Å². The monoisotopic (exact) mass is 343 g/mol. The lowest BCUT2D eigenvalue weighted by molar-refractivity contribution is 0.415. The molecule has 0 fully saturated rings. The fraction of sp³-hybridized carbons (Fsp3) is 0.0455. The second-order valence-corrected chi connectivity index (χ2v) is 6.00. The maximum atomic E-state index is 12.6. The van der Waals surface area contributed by atoms with Gasteiger partial charge in [-0.3, -0.25) is 0 Å². The van der Waals surface area contributed by atoms with Gasteiger partial charge in [0.05, 0.1) is 12.5 Å². The van der Waals surface area contributed by atoms with Crippen molar-refractivity contribution < 1.29 is 9.15 Å². The minimum atomic E-state index is -0.438. The molecule has 0 bridgehead atoms. The van der Waals surface area contributed by atoms with Crippen LogP contribution in [0.5, 0.6) is 5.75 Å². The minimum Gasteiger partial charge on any atom is -0.495 e. The molecule has 0 saturated carbocycles. The van der Waals surface area contributed by atoms with Crippen LogP contribution in [0.2, 0.25) is 0 Å². The quantitative estimate of drug-likeness (QED) is 0.432. The molecule has 0 saturated heterocycles. The third-order valence-electron chi connectivity index (χ3n) is 4.37. The third kappa shape index (κ3) is 2.71. The molecular weight excluding hydrogens is 326 g/mol. The first-order valence-corrected chi connectivity index (χ1v) is 8.23. The molecule has 0 radical (unpaired) electrons. The van der Waals surface area contributed by atoms with E-state index in [-0.39, 0.29) is 0 Å².